The fourth-order valence-electron chi connectivity index (χ4n) is 5.27. The molecule has 2 saturated heterocycles. The van der Waals surface area contributed by atoms with Crippen molar-refractivity contribution in [2.24, 2.45) is 5.92 Å². The van der Waals surface area contributed by atoms with Crippen LogP contribution in [-0.2, 0) is 4.74 Å². The number of carbonyl (C=O) groups is 1. The molecule has 0 aromatic carbocycles. The maximum Gasteiger partial charge on any atom is 0.180 e. The second-order valence-electron chi connectivity index (χ2n) is 9.53. The van der Waals surface area contributed by atoms with Crippen LogP contribution < -0.4 is 0 Å². The predicted molar refractivity (Wildman–Crippen MR) is 120 cm³/mol. The van der Waals surface area contributed by atoms with Gasteiger partial charge in [-0.25, -0.2) is 0 Å². The molecule has 4 rings (SSSR count). The third-order valence-electron chi connectivity index (χ3n) is 6.66. The summed E-state index contributed by atoms with van der Waals surface area (Å²) in [4.78, 5) is 18.0. The molecule has 0 aliphatic carbocycles. The maximum atomic E-state index is 13.1. The number of nitrogens with zero attached hydrogens (tertiary/aromatic N) is 4. The predicted octanol–water partition coefficient (Wildman–Crippen LogP) is 3.39. The van der Waals surface area contributed by atoms with Gasteiger partial charge in [0.1, 0.15) is 5.76 Å². The number of ether oxygens (including phenoxy) is 1. The Hall–Kier alpha value is -1.96. The van der Waals surface area contributed by atoms with Gasteiger partial charge in [0.15, 0.2) is 11.6 Å². The van der Waals surface area contributed by atoms with Crippen molar-refractivity contribution in [3.05, 3.63) is 34.8 Å². The summed E-state index contributed by atoms with van der Waals surface area (Å²) in [6.07, 6.45) is 2.96. The Morgan fingerprint density at radius 3 is 2.35 bits per heavy atom. The largest absolute Gasteiger partial charge is 0.373 e. The second-order valence-corrected chi connectivity index (χ2v) is 9.53. The minimum absolute atomic E-state index is 0.189. The van der Waals surface area contributed by atoms with E-state index in [1.807, 2.05) is 37.5 Å². The van der Waals surface area contributed by atoms with Gasteiger partial charge in [-0.1, -0.05) is 5.16 Å². The van der Waals surface area contributed by atoms with Crippen LogP contribution in [-0.4, -0.2) is 76.8 Å². The van der Waals surface area contributed by atoms with E-state index >= 15 is 0 Å². The maximum absolute atomic E-state index is 13.1. The normalized spacial score (nSPS) is 24.0. The third kappa shape index (κ3) is 5.10. The highest BCUT2D eigenvalue weighted by Crippen LogP contribution is 2.24. The van der Waals surface area contributed by atoms with Crippen molar-refractivity contribution in [2.45, 2.75) is 59.7 Å². The number of ketones is 1. The van der Waals surface area contributed by atoms with Crippen LogP contribution in [0.5, 0.6) is 0 Å². The van der Waals surface area contributed by atoms with Crippen LogP contribution in [0.3, 0.4) is 0 Å². The van der Waals surface area contributed by atoms with Crippen molar-refractivity contribution in [3.8, 4) is 5.82 Å². The number of piperidine rings is 1. The zero-order valence-electron chi connectivity index (χ0n) is 19.6. The zero-order chi connectivity index (χ0) is 22.1. The van der Waals surface area contributed by atoms with E-state index in [-0.39, 0.29) is 5.78 Å². The van der Waals surface area contributed by atoms with E-state index < -0.39 is 0 Å². The van der Waals surface area contributed by atoms with Gasteiger partial charge >= 0.3 is 0 Å². The Bertz CT molecular complexity index is 900. The lowest BCUT2D eigenvalue weighted by Gasteiger charge is -2.39. The molecule has 2 aliphatic heterocycles. The molecule has 2 unspecified atom stereocenters. The van der Waals surface area contributed by atoms with Crippen LogP contribution in [0, 0.1) is 26.7 Å². The SMILES string of the molecule is Cc1cc(-n2c(C)cc(C(=O)CN3CCC(CN4CC(C)OC(C)C4)CC3)c2C)no1. The summed E-state index contributed by atoms with van der Waals surface area (Å²) in [5.74, 6) is 2.40. The smallest absolute Gasteiger partial charge is 0.180 e. The van der Waals surface area contributed by atoms with Crippen molar-refractivity contribution in [3.63, 3.8) is 0 Å². The number of morpholine rings is 1. The molecule has 170 valence electrons. The van der Waals surface area contributed by atoms with Crippen molar-refractivity contribution in [1.82, 2.24) is 19.5 Å². The van der Waals surface area contributed by atoms with Crippen LogP contribution in [0.2, 0.25) is 0 Å². The highest BCUT2D eigenvalue weighted by Gasteiger charge is 2.28. The first-order valence-electron chi connectivity index (χ1n) is 11.6. The number of Topliss-reactive ketones (excluding diaryl/α,β-unsaturated/α-hetero) is 1. The van der Waals surface area contributed by atoms with E-state index in [9.17, 15) is 4.79 Å². The van der Waals surface area contributed by atoms with Gasteiger partial charge in [0, 0.05) is 42.7 Å². The highest BCUT2D eigenvalue weighted by atomic mass is 16.5. The van der Waals surface area contributed by atoms with E-state index in [1.54, 1.807) is 0 Å². The Morgan fingerprint density at radius 1 is 1.06 bits per heavy atom. The molecule has 0 radical (unpaired) electrons. The van der Waals surface area contributed by atoms with E-state index in [1.165, 1.54) is 0 Å². The zero-order valence-corrected chi connectivity index (χ0v) is 19.6. The van der Waals surface area contributed by atoms with Crippen LogP contribution >= 0.6 is 0 Å². The van der Waals surface area contributed by atoms with Gasteiger partial charge in [-0.3, -0.25) is 19.2 Å². The fourth-order valence-corrected chi connectivity index (χ4v) is 5.27. The van der Waals surface area contributed by atoms with E-state index in [4.69, 9.17) is 9.26 Å². The number of carbonyl (C=O) groups excluding carboxylic acids is 1. The summed E-state index contributed by atoms with van der Waals surface area (Å²) in [5, 5.41) is 4.12. The number of aromatic nitrogens is 2. The van der Waals surface area contributed by atoms with Gasteiger partial charge < -0.3 is 9.26 Å². The van der Waals surface area contributed by atoms with Gasteiger partial charge in [0.05, 0.1) is 18.8 Å². The molecule has 2 fully saturated rings. The number of hydrogen-bond acceptors (Lipinski definition) is 6. The molecule has 2 atom stereocenters. The van der Waals surface area contributed by atoms with Crippen molar-refractivity contribution in [2.75, 3.05) is 39.3 Å². The highest BCUT2D eigenvalue weighted by molar-refractivity contribution is 5.99. The fraction of sp³-hybridized carbons (Fsp3) is 0.667. The van der Waals surface area contributed by atoms with Crippen LogP contribution in [0.4, 0.5) is 0 Å². The van der Waals surface area contributed by atoms with Crippen LogP contribution in [0.1, 0.15) is 54.2 Å². The lowest BCUT2D eigenvalue weighted by Crippen LogP contribution is -2.48. The Labute approximate surface area is 185 Å². The van der Waals surface area contributed by atoms with E-state index in [0.29, 0.717) is 24.7 Å². The molecule has 0 N–H and O–H groups in total. The summed E-state index contributed by atoms with van der Waals surface area (Å²) in [7, 11) is 0. The Morgan fingerprint density at radius 2 is 1.74 bits per heavy atom. The Balaban J connectivity index is 1.31. The molecule has 0 bridgehead atoms. The minimum Gasteiger partial charge on any atom is -0.373 e. The topological polar surface area (TPSA) is 63.7 Å². The van der Waals surface area contributed by atoms with Crippen LogP contribution in [0.25, 0.3) is 5.82 Å². The average molecular weight is 429 g/mol. The standard InChI is InChI=1S/C24H36N4O3/c1-16-10-22(20(5)28(16)24-11-17(2)31-25-24)23(29)15-26-8-6-21(7-9-26)14-27-12-18(3)30-19(4)13-27/h10-11,18-19,21H,6-9,12-15H2,1-5H3. The first-order chi connectivity index (χ1) is 14.8. The van der Waals surface area contributed by atoms with Gasteiger partial charge in [0.2, 0.25) is 0 Å². The van der Waals surface area contributed by atoms with Gasteiger partial charge in [0.25, 0.3) is 0 Å². The number of likely N-dealkylation sites (tertiary alicyclic amines) is 1. The summed E-state index contributed by atoms with van der Waals surface area (Å²) in [6, 6.07) is 3.88. The van der Waals surface area contributed by atoms with E-state index in [2.05, 4.69) is 28.8 Å². The quantitative estimate of drug-likeness (QED) is 0.657. The van der Waals surface area contributed by atoms with Crippen molar-refractivity contribution >= 4 is 5.78 Å². The van der Waals surface area contributed by atoms with E-state index in [0.717, 1.165) is 74.1 Å². The van der Waals surface area contributed by atoms with Gasteiger partial charge in [-0.15, -0.1) is 0 Å². The lowest BCUT2D eigenvalue weighted by atomic mass is 9.95. The summed E-state index contributed by atoms with van der Waals surface area (Å²) in [5.41, 5.74) is 2.72. The molecule has 0 spiro atoms. The first kappa shape index (κ1) is 22.2. The summed E-state index contributed by atoms with van der Waals surface area (Å²) >= 11 is 0. The molecular formula is C24H36N4O3. The summed E-state index contributed by atoms with van der Waals surface area (Å²) in [6.45, 7) is 15.9. The molecule has 2 aromatic heterocycles. The monoisotopic (exact) mass is 428 g/mol. The molecule has 0 amide bonds. The molecular weight excluding hydrogens is 392 g/mol. The van der Waals surface area contributed by atoms with Gasteiger partial charge in [-0.2, -0.15) is 0 Å². The first-order valence-corrected chi connectivity index (χ1v) is 11.6. The second kappa shape index (κ2) is 9.27. The molecule has 0 saturated carbocycles. The molecule has 7 heteroatoms. The number of hydrogen-bond donors (Lipinski definition) is 0. The average Bonchev–Trinajstić information content (AvgIpc) is 3.24. The lowest BCUT2D eigenvalue weighted by molar-refractivity contribution is -0.0731. The molecule has 2 aromatic rings. The van der Waals surface area contributed by atoms with Gasteiger partial charge in [-0.05, 0) is 72.5 Å². The molecule has 7 nitrogen and oxygen atoms in total. The molecule has 2 aliphatic rings. The third-order valence-corrected chi connectivity index (χ3v) is 6.66. The van der Waals surface area contributed by atoms with Crippen molar-refractivity contribution in [1.29, 1.82) is 0 Å². The Kier molecular flexibility index (Phi) is 6.65. The minimum atomic E-state index is 0.189. The molecule has 4 heterocycles. The summed E-state index contributed by atoms with van der Waals surface area (Å²) < 4.78 is 13.1. The number of aryl methyl sites for hydroxylation is 2. The van der Waals surface area contributed by atoms with Crippen LogP contribution in [0.15, 0.2) is 16.7 Å². The molecule has 31 heavy (non-hydrogen) atoms. The van der Waals surface area contributed by atoms with Crippen molar-refractivity contribution < 1.29 is 14.1 Å². The number of rotatable bonds is 6.